The second-order valence-corrected chi connectivity index (χ2v) is 3.09. The average molecular weight is 270 g/mol. The third-order valence-electron chi connectivity index (χ3n) is 1.89. The molecule has 0 unspecified atom stereocenters. The minimum Gasteiger partial charge on any atom is -0.465 e. The van der Waals surface area contributed by atoms with Gasteiger partial charge in [-0.2, -0.15) is 0 Å². The minimum absolute atomic E-state index is 0.290. The number of hydrogen-bond donors (Lipinski definition) is 0. The van der Waals surface area contributed by atoms with Crippen molar-refractivity contribution in [3.05, 3.63) is 29.3 Å². The van der Waals surface area contributed by atoms with Crippen molar-refractivity contribution in [2.24, 2.45) is 0 Å². The van der Waals surface area contributed by atoms with Crippen molar-refractivity contribution in [3.63, 3.8) is 0 Å². The van der Waals surface area contributed by atoms with Gasteiger partial charge in [0, 0.05) is 0 Å². The van der Waals surface area contributed by atoms with Gasteiger partial charge in [0.05, 0.1) is 18.2 Å². The van der Waals surface area contributed by atoms with Crippen molar-refractivity contribution in [1.29, 1.82) is 0 Å². The van der Waals surface area contributed by atoms with E-state index in [0.717, 1.165) is 13.2 Å². The zero-order valence-corrected chi connectivity index (χ0v) is 8.92. The van der Waals surface area contributed by atoms with Gasteiger partial charge in [-0.1, -0.05) is 0 Å². The highest BCUT2D eigenvalue weighted by Crippen LogP contribution is 2.33. The number of methoxy groups -OCH3 is 1. The van der Waals surface area contributed by atoms with Crippen molar-refractivity contribution in [3.8, 4) is 5.75 Å². The maximum atomic E-state index is 12.6. The van der Waals surface area contributed by atoms with Gasteiger partial charge in [-0.3, -0.25) is 0 Å². The molecule has 1 aromatic rings. The van der Waals surface area contributed by atoms with Crippen LogP contribution in [-0.2, 0) is 4.74 Å². The van der Waals surface area contributed by atoms with E-state index in [9.17, 15) is 26.7 Å². The quantitative estimate of drug-likeness (QED) is 0.624. The van der Waals surface area contributed by atoms with Crippen LogP contribution in [0, 0.1) is 0 Å². The monoisotopic (exact) mass is 270 g/mol. The Kier molecular flexibility index (Phi) is 4.10. The van der Waals surface area contributed by atoms with Crippen LogP contribution in [-0.4, -0.2) is 19.4 Å². The van der Waals surface area contributed by atoms with E-state index in [-0.39, 0.29) is 5.56 Å². The van der Waals surface area contributed by atoms with Crippen LogP contribution in [0.2, 0.25) is 0 Å². The molecule has 0 atom stereocenters. The molecule has 8 heteroatoms. The van der Waals surface area contributed by atoms with E-state index in [0.29, 0.717) is 12.1 Å². The van der Waals surface area contributed by atoms with E-state index in [1.807, 2.05) is 0 Å². The maximum Gasteiger partial charge on any atom is 0.573 e. The van der Waals surface area contributed by atoms with Crippen LogP contribution >= 0.6 is 0 Å². The highest BCUT2D eigenvalue weighted by Gasteiger charge is 2.33. The highest BCUT2D eigenvalue weighted by atomic mass is 19.4. The molecule has 0 amide bonds. The summed E-state index contributed by atoms with van der Waals surface area (Å²) in [5.41, 5.74) is -1.32. The zero-order chi connectivity index (χ0) is 13.9. The Balaban J connectivity index is 3.17. The topological polar surface area (TPSA) is 35.5 Å². The van der Waals surface area contributed by atoms with Gasteiger partial charge in [0.25, 0.3) is 6.43 Å². The van der Waals surface area contributed by atoms with Crippen LogP contribution in [0.4, 0.5) is 22.0 Å². The molecular weight excluding hydrogens is 263 g/mol. The SMILES string of the molecule is COC(=O)c1ccc(OC(F)(F)F)c(C(F)F)c1. The van der Waals surface area contributed by atoms with Crippen LogP contribution in [0.25, 0.3) is 0 Å². The van der Waals surface area contributed by atoms with Crippen molar-refractivity contribution in [2.45, 2.75) is 12.8 Å². The summed E-state index contributed by atoms with van der Waals surface area (Å²) in [5, 5.41) is 0. The fraction of sp³-hybridized carbons (Fsp3) is 0.300. The van der Waals surface area contributed by atoms with Crippen molar-refractivity contribution in [2.75, 3.05) is 7.11 Å². The van der Waals surface area contributed by atoms with Crippen molar-refractivity contribution >= 4 is 5.97 Å². The van der Waals surface area contributed by atoms with Crippen molar-refractivity contribution in [1.82, 2.24) is 0 Å². The number of alkyl halides is 5. The molecule has 0 aliphatic heterocycles. The molecule has 18 heavy (non-hydrogen) atoms. The molecule has 0 saturated carbocycles. The number of hydrogen-bond acceptors (Lipinski definition) is 3. The smallest absolute Gasteiger partial charge is 0.465 e. The van der Waals surface area contributed by atoms with Gasteiger partial charge < -0.3 is 9.47 Å². The third-order valence-corrected chi connectivity index (χ3v) is 1.89. The molecule has 100 valence electrons. The second kappa shape index (κ2) is 5.19. The molecule has 0 saturated heterocycles. The van der Waals surface area contributed by atoms with Gasteiger partial charge >= 0.3 is 12.3 Å². The molecule has 1 rings (SSSR count). The number of carbonyl (C=O) groups is 1. The van der Waals surface area contributed by atoms with E-state index in [1.165, 1.54) is 0 Å². The van der Waals surface area contributed by atoms with E-state index < -0.39 is 30.1 Å². The number of benzene rings is 1. The summed E-state index contributed by atoms with van der Waals surface area (Å²) >= 11 is 0. The predicted octanol–water partition coefficient (Wildman–Crippen LogP) is 3.31. The Labute approximate surface area is 98.1 Å². The summed E-state index contributed by atoms with van der Waals surface area (Å²) in [6.07, 6.45) is -8.30. The first kappa shape index (κ1) is 14.2. The number of carbonyl (C=O) groups excluding carboxylic acids is 1. The van der Waals surface area contributed by atoms with E-state index in [4.69, 9.17) is 0 Å². The molecule has 0 heterocycles. The fourth-order valence-corrected chi connectivity index (χ4v) is 1.18. The fourth-order valence-electron chi connectivity index (χ4n) is 1.18. The van der Waals surface area contributed by atoms with Crippen LogP contribution in [0.3, 0.4) is 0 Å². The van der Waals surface area contributed by atoms with Crippen LogP contribution < -0.4 is 4.74 Å². The van der Waals surface area contributed by atoms with Crippen LogP contribution in [0.5, 0.6) is 5.75 Å². The second-order valence-electron chi connectivity index (χ2n) is 3.09. The number of rotatable bonds is 3. The standard InChI is InChI=1S/C10H7F5O3/c1-17-9(16)5-2-3-7(18-10(13,14)15)6(4-5)8(11)12/h2-4,8H,1H3. The lowest BCUT2D eigenvalue weighted by Gasteiger charge is -2.13. The molecule has 3 nitrogen and oxygen atoms in total. The molecule has 1 aromatic carbocycles. The first-order valence-corrected chi connectivity index (χ1v) is 4.50. The normalized spacial score (nSPS) is 11.5. The lowest BCUT2D eigenvalue weighted by atomic mass is 10.1. The Morgan fingerprint density at radius 3 is 2.33 bits per heavy atom. The van der Waals surface area contributed by atoms with Gasteiger partial charge in [0.2, 0.25) is 0 Å². The summed E-state index contributed by atoms with van der Waals surface area (Å²) in [6.45, 7) is 0. The highest BCUT2D eigenvalue weighted by molar-refractivity contribution is 5.89. The van der Waals surface area contributed by atoms with E-state index in [2.05, 4.69) is 9.47 Å². The minimum atomic E-state index is -5.09. The largest absolute Gasteiger partial charge is 0.573 e. The molecule has 0 aliphatic rings. The molecule has 0 aromatic heterocycles. The van der Waals surface area contributed by atoms with E-state index in [1.54, 1.807) is 0 Å². The summed E-state index contributed by atoms with van der Waals surface area (Å²) < 4.78 is 68.7. The van der Waals surface area contributed by atoms with Crippen LogP contribution in [0.15, 0.2) is 18.2 Å². The summed E-state index contributed by atoms with van der Waals surface area (Å²) in [6, 6.07) is 2.14. The van der Waals surface area contributed by atoms with Gasteiger partial charge in [-0.25, -0.2) is 13.6 Å². The zero-order valence-electron chi connectivity index (χ0n) is 8.92. The van der Waals surface area contributed by atoms with E-state index >= 15 is 0 Å². The van der Waals surface area contributed by atoms with Gasteiger partial charge in [0.15, 0.2) is 0 Å². The van der Waals surface area contributed by atoms with Gasteiger partial charge in [0.1, 0.15) is 5.75 Å². The first-order valence-electron chi connectivity index (χ1n) is 4.50. The van der Waals surface area contributed by atoms with Crippen LogP contribution in [0.1, 0.15) is 22.3 Å². The molecule has 0 fully saturated rings. The Hall–Kier alpha value is -1.86. The lowest BCUT2D eigenvalue weighted by Crippen LogP contribution is -2.18. The summed E-state index contributed by atoms with van der Waals surface area (Å²) in [4.78, 5) is 11.1. The first-order chi connectivity index (χ1) is 8.24. The molecule has 0 aliphatic carbocycles. The number of ether oxygens (including phenoxy) is 2. The Morgan fingerprint density at radius 1 is 1.28 bits per heavy atom. The number of halogens is 5. The molecular formula is C10H7F5O3. The third kappa shape index (κ3) is 3.57. The summed E-state index contributed by atoms with van der Waals surface area (Å²) in [7, 11) is 1.02. The van der Waals surface area contributed by atoms with Gasteiger partial charge in [-0.15, -0.1) is 13.2 Å². The Morgan fingerprint density at radius 2 is 1.89 bits per heavy atom. The van der Waals surface area contributed by atoms with Gasteiger partial charge in [-0.05, 0) is 18.2 Å². The molecule has 0 N–H and O–H groups in total. The molecule has 0 bridgehead atoms. The maximum absolute atomic E-state index is 12.6. The average Bonchev–Trinajstić information content (AvgIpc) is 2.26. The lowest BCUT2D eigenvalue weighted by molar-refractivity contribution is -0.275. The molecule has 0 spiro atoms. The molecule has 0 radical (unpaired) electrons. The predicted molar refractivity (Wildman–Crippen MR) is 49.4 cm³/mol. The Bertz CT molecular complexity index is 442. The van der Waals surface area contributed by atoms with Crippen molar-refractivity contribution < 1.29 is 36.2 Å². The number of esters is 1. The summed E-state index contributed by atoms with van der Waals surface area (Å²) in [5.74, 6) is -1.99.